The summed E-state index contributed by atoms with van der Waals surface area (Å²) in [5.41, 5.74) is 1.37. The maximum Gasteiger partial charge on any atom is 0.0589 e. The third-order valence-corrected chi connectivity index (χ3v) is 3.36. The lowest BCUT2D eigenvalue weighted by molar-refractivity contribution is 0.160. The molecule has 19 heavy (non-hydrogen) atoms. The first-order chi connectivity index (χ1) is 9.15. The van der Waals surface area contributed by atoms with Crippen LogP contribution in [0.1, 0.15) is 25.5 Å². The standard InChI is InChI=1S/C16H28N2O/c1-14(2)16(15-8-6-5-7-9-15)17-10-11-18(3)12-13-19-4/h5-9,14,16-17H,10-13H2,1-4H3. The van der Waals surface area contributed by atoms with Gasteiger partial charge in [0.25, 0.3) is 0 Å². The van der Waals surface area contributed by atoms with Crippen molar-refractivity contribution < 1.29 is 4.74 Å². The molecule has 0 aliphatic heterocycles. The minimum absolute atomic E-state index is 0.428. The Morgan fingerprint density at radius 1 is 1.16 bits per heavy atom. The van der Waals surface area contributed by atoms with Crippen LogP contribution in [0.3, 0.4) is 0 Å². The van der Waals surface area contributed by atoms with Crippen LogP contribution in [-0.4, -0.2) is 45.3 Å². The summed E-state index contributed by atoms with van der Waals surface area (Å²) in [5, 5.41) is 3.66. The van der Waals surface area contributed by atoms with E-state index in [1.165, 1.54) is 5.56 Å². The summed E-state index contributed by atoms with van der Waals surface area (Å²) in [5.74, 6) is 0.590. The fraction of sp³-hybridized carbons (Fsp3) is 0.625. The molecule has 3 nitrogen and oxygen atoms in total. The SMILES string of the molecule is COCCN(C)CCNC(c1ccccc1)C(C)C. The Labute approximate surface area is 118 Å². The van der Waals surface area contributed by atoms with Gasteiger partial charge in [-0.25, -0.2) is 0 Å². The highest BCUT2D eigenvalue weighted by Gasteiger charge is 2.14. The first-order valence-electron chi connectivity index (χ1n) is 7.11. The van der Waals surface area contributed by atoms with Crippen molar-refractivity contribution >= 4 is 0 Å². The van der Waals surface area contributed by atoms with Gasteiger partial charge in [0.1, 0.15) is 0 Å². The highest BCUT2D eigenvalue weighted by Crippen LogP contribution is 2.20. The number of methoxy groups -OCH3 is 1. The Kier molecular flexibility index (Phi) is 7.72. The highest BCUT2D eigenvalue weighted by molar-refractivity contribution is 5.19. The lowest BCUT2D eigenvalue weighted by Crippen LogP contribution is -2.34. The summed E-state index contributed by atoms with van der Waals surface area (Å²) in [6.45, 7) is 8.34. The minimum Gasteiger partial charge on any atom is -0.383 e. The van der Waals surface area contributed by atoms with Gasteiger partial charge in [0, 0.05) is 32.8 Å². The molecule has 0 aliphatic rings. The number of hydrogen-bond donors (Lipinski definition) is 1. The molecule has 3 heteroatoms. The van der Waals surface area contributed by atoms with Crippen molar-refractivity contribution in [1.82, 2.24) is 10.2 Å². The van der Waals surface area contributed by atoms with Gasteiger partial charge >= 0.3 is 0 Å². The van der Waals surface area contributed by atoms with Crippen LogP contribution in [0.5, 0.6) is 0 Å². The number of nitrogens with zero attached hydrogens (tertiary/aromatic N) is 1. The van der Waals surface area contributed by atoms with E-state index in [-0.39, 0.29) is 0 Å². The van der Waals surface area contributed by atoms with E-state index in [0.717, 1.165) is 26.2 Å². The largest absolute Gasteiger partial charge is 0.383 e. The molecule has 0 bridgehead atoms. The van der Waals surface area contributed by atoms with Gasteiger partial charge in [-0.3, -0.25) is 0 Å². The first-order valence-corrected chi connectivity index (χ1v) is 7.11. The van der Waals surface area contributed by atoms with Crippen LogP contribution in [0.2, 0.25) is 0 Å². The van der Waals surface area contributed by atoms with Gasteiger partial charge in [-0.1, -0.05) is 44.2 Å². The average Bonchev–Trinajstić information content (AvgIpc) is 2.42. The predicted octanol–water partition coefficient (Wildman–Crippen LogP) is 2.55. The Morgan fingerprint density at radius 2 is 1.84 bits per heavy atom. The molecule has 1 aromatic rings. The fourth-order valence-corrected chi connectivity index (χ4v) is 2.17. The van der Waals surface area contributed by atoms with E-state index in [2.05, 4.69) is 61.4 Å². The average molecular weight is 264 g/mol. The maximum atomic E-state index is 5.09. The topological polar surface area (TPSA) is 24.5 Å². The number of nitrogens with one attached hydrogen (secondary N) is 1. The van der Waals surface area contributed by atoms with Crippen molar-refractivity contribution in [2.45, 2.75) is 19.9 Å². The molecule has 1 unspecified atom stereocenters. The third-order valence-electron chi connectivity index (χ3n) is 3.36. The molecule has 0 aliphatic carbocycles. The smallest absolute Gasteiger partial charge is 0.0589 e. The second-order valence-electron chi connectivity index (χ2n) is 5.38. The van der Waals surface area contributed by atoms with Gasteiger partial charge in [-0.2, -0.15) is 0 Å². The zero-order valence-corrected chi connectivity index (χ0v) is 12.7. The van der Waals surface area contributed by atoms with Crippen molar-refractivity contribution in [3.63, 3.8) is 0 Å². The van der Waals surface area contributed by atoms with Gasteiger partial charge in [-0.05, 0) is 18.5 Å². The zero-order chi connectivity index (χ0) is 14.1. The van der Waals surface area contributed by atoms with E-state index in [4.69, 9.17) is 4.74 Å². The molecule has 1 aromatic carbocycles. The molecule has 0 saturated heterocycles. The molecule has 0 heterocycles. The Hall–Kier alpha value is -0.900. The minimum atomic E-state index is 0.428. The first kappa shape index (κ1) is 16.2. The summed E-state index contributed by atoms with van der Waals surface area (Å²) in [6.07, 6.45) is 0. The van der Waals surface area contributed by atoms with Crippen LogP contribution >= 0.6 is 0 Å². The van der Waals surface area contributed by atoms with E-state index in [0.29, 0.717) is 12.0 Å². The number of hydrogen-bond acceptors (Lipinski definition) is 3. The lowest BCUT2D eigenvalue weighted by atomic mass is 9.96. The normalized spacial score (nSPS) is 13.2. The number of benzene rings is 1. The van der Waals surface area contributed by atoms with Crippen molar-refractivity contribution in [1.29, 1.82) is 0 Å². The van der Waals surface area contributed by atoms with Gasteiger partial charge in [0.15, 0.2) is 0 Å². The van der Waals surface area contributed by atoms with Crippen LogP contribution < -0.4 is 5.32 Å². The molecule has 0 spiro atoms. The molecular formula is C16H28N2O. The van der Waals surface area contributed by atoms with E-state index in [1.54, 1.807) is 7.11 Å². The predicted molar refractivity (Wildman–Crippen MR) is 81.4 cm³/mol. The molecule has 1 N–H and O–H groups in total. The molecular weight excluding hydrogens is 236 g/mol. The van der Waals surface area contributed by atoms with E-state index >= 15 is 0 Å². The van der Waals surface area contributed by atoms with E-state index in [1.807, 2.05) is 0 Å². The van der Waals surface area contributed by atoms with Gasteiger partial charge in [-0.15, -0.1) is 0 Å². The van der Waals surface area contributed by atoms with Gasteiger partial charge in [0.05, 0.1) is 6.61 Å². The van der Waals surface area contributed by atoms with Crippen molar-refractivity contribution in [2.75, 3.05) is 40.4 Å². The molecule has 0 saturated carbocycles. The van der Waals surface area contributed by atoms with Crippen LogP contribution in [0, 0.1) is 5.92 Å². The number of ether oxygens (including phenoxy) is 1. The Morgan fingerprint density at radius 3 is 2.42 bits per heavy atom. The summed E-state index contributed by atoms with van der Waals surface area (Å²) >= 11 is 0. The van der Waals surface area contributed by atoms with E-state index < -0.39 is 0 Å². The third kappa shape index (κ3) is 6.19. The second kappa shape index (κ2) is 9.08. The van der Waals surface area contributed by atoms with E-state index in [9.17, 15) is 0 Å². The van der Waals surface area contributed by atoms with Crippen LogP contribution in [0.15, 0.2) is 30.3 Å². The summed E-state index contributed by atoms with van der Waals surface area (Å²) in [4.78, 5) is 2.29. The van der Waals surface area contributed by atoms with Gasteiger partial charge < -0.3 is 15.0 Å². The molecule has 1 rings (SSSR count). The molecule has 0 radical (unpaired) electrons. The molecule has 0 aromatic heterocycles. The Balaban J connectivity index is 2.39. The summed E-state index contributed by atoms with van der Waals surface area (Å²) in [7, 11) is 3.88. The van der Waals surface area contributed by atoms with Crippen LogP contribution in [-0.2, 0) is 4.74 Å². The molecule has 0 fully saturated rings. The van der Waals surface area contributed by atoms with Crippen molar-refractivity contribution in [2.24, 2.45) is 5.92 Å². The van der Waals surface area contributed by atoms with Crippen LogP contribution in [0.25, 0.3) is 0 Å². The molecule has 108 valence electrons. The zero-order valence-electron chi connectivity index (χ0n) is 12.7. The summed E-state index contributed by atoms with van der Waals surface area (Å²) in [6, 6.07) is 11.1. The maximum absolute atomic E-state index is 5.09. The molecule has 1 atom stereocenters. The summed E-state index contributed by atoms with van der Waals surface area (Å²) < 4.78 is 5.09. The van der Waals surface area contributed by atoms with Crippen molar-refractivity contribution in [3.05, 3.63) is 35.9 Å². The highest BCUT2D eigenvalue weighted by atomic mass is 16.5. The molecule has 0 amide bonds. The monoisotopic (exact) mass is 264 g/mol. The quantitative estimate of drug-likeness (QED) is 0.742. The van der Waals surface area contributed by atoms with Crippen molar-refractivity contribution in [3.8, 4) is 0 Å². The number of likely N-dealkylation sites (N-methyl/N-ethyl adjacent to an activating group) is 1. The fourth-order valence-electron chi connectivity index (χ4n) is 2.17. The Bertz CT molecular complexity index is 327. The second-order valence-corrected chi connectivity index (χ2v) is 5.38. The van der Waals surface area contributed by atoms with Crippen LogP contribution in [0.4, 0.5) is 0 Å². The lowest BCUT2D eigenvalue weighted by Gasteiger charge is -2.24. The number of rotatable bonds is 9. The van der Waals surface area contributed by atoms with Gasteiger partial charge in [0.2, 0.25) is 0 Å².